The molecule has 0 spiro atoms. The number of piperidine rings is 1. The molecule has 2 heterocycles. The first-order valence-corrected chi connectivity index (χ1v) is 9.74. The van der Waals surface area contributed by atoms with Crippen molar-refractivity contribution in [3.63, 3.8) is 0 Å². The number of rotatable bonds is 6. The van der Waals surface area contributed by atoms with E-state index >= 15 is 0 Å². The highest BCUT2D eigenvalue weighted by atomic mass is 16.5. The first-order valence-electron chi connectivity index (χ1n) is 9.74. The summed E-state index contributed by atoms with van der Waals surface area (Å²) in [7, 11) is 0. The van der Waals surface area contributed by atoms with Crippen LogP contribution in [0.25, 0.3) is 0 Å². The zero-order valence-electron chi connectivity index (χ0n) is 15.3. The normalized spacial score (nSPS) is 25.6. The van der Waals surface area contributed by atoms with Crippen LogP contribution in [0.1, 0.15) is 51.1 Å². The first kappa shape index (κ1) is 18.3. The number of aromatic nitrogens is 1. The zero-order chi connectivity index (χ0) is 17.5. The summed E-state index contributed by atoms with van der Waals surface area (Å²) in [5, 5.41) is 3.15. The average Bonchev–Trinajstić information content (AvgIpc) is 2.64. The van der Waals surface area contributed by atoms with Crippen molar-refractivity contribution in [1.29, 1.82) is 0 Å². The first-order chi connectivity index (χ1) is 12.2. The molecule has 1 aromatic rings. The van der Waals surface area contributed by atoms with E-state index in [4.69, 9.17) is 4.74 Å². The Labute approximate surface area is 151 Å². The summed E-state index contributed by atoms with van der Waals surface area (Å²) in [6, 6.07) is 6.32. The Morgan fingerprint density at radius 1 is 1.24 bits per heavy atom. The maximum Gasteiger partial charge on any atom is 0.246 e. The lowest BCUT2D eigenvalue weighted by Crippen LogP contribution is -2.45. The Morgan fingerprint density at radius 2 is 2.04 bits per heavy atom. The fraction of sp³-hybridized carbons (Fsp3) is 0.700. The van der Waals surface area contributed by atoms with Gasteiger partial charge in [-0.2, -0.15) is 0 Å². The van der Waals surface area contributed by atoms with Gasteiger partial charge in [-0.25, -0.2) is 0 Å². The molecule has 2 aliphatic rings. The molecule has 2 fully saturated rings. The number of hydrogen-bond donors (Lipinski definition) is 1. The summed E-state index contributed by atoms with van der Waals surface area (Å²) in [5.41, 5.74) is 1.11. The Kier molecular flexibility index (Phi) is 6.82. The molecule has 1 aromatic heterocycles. The van der Waals surface area contributed by atoms with Crippen LogP contribution in [0, 0.1) is 5.92 Å². The van der Waals surface area contributed by atoms with Gasteiger partial charge in [-0.15, -0.1) is 0 Å². The van der Waals surface area contributed by atoms with Crippen molar-refractivity contribution in [2.75, 3.05) is 19.7 Å². The Balaban J connectivity index is 1.33. The predicted octanol–water partition coefficient (Wildman–Crippen LogP) is 2.76. The van der Waals surface area contributed by atoms with Crippen molar-refractivity contribution in [3.8, 4) is 0 Å². The molecule has 1 amide bonds. The second-order valence-corrected chi connectivity index (χ2v) is 7.55. The van der Waals surface area contributed by atoms with Gasteiger partial charge < -0.3 is 10.1 Å². The number of hydrogen-bond acceptors (Lipinski definition) is 4. The van der Waals surface area contributed by atoms with Crippen LogP contribution in [0.15, 0.2) is 24.4 Å². The largest absolute Gasteiger partial charge is 0.368 e. The van der Waals surface area contributed by atoms with Gasteiger partial charge in [0.15, 0.2) is 0 Å². The van der Waals surface area contributed by atoms with Crippen molar-refractivity contribution in [2.24, 2.45) is 5.92 Å². The standard InChI is InChI=1S/C20H31N3O2/c1-16-6-2-3-8-19(16)25-15-20(24)22-17-9-12-23(13-10-17)14-18-7-4-5-11-21-18/h4-5,7,11,16-17,19H,2-3,6,8-10,12-15H2,1H3,(H,22,24)/t16-,19+/m0/s1. The molecule has 0 radical (unpaired) electrons. The van der Waals surface area contributed by atoms with Crippen LogP contribution in [0.3, 0.4) is 0 Å². The van der Waals surface area contributed by atoms with Crippen LogP contribution < -0.4 is 5.32 Å². The molecule has 1 aliphatic carbocycles. The number of pyridine rings is 1. The van der Waals surface area contributed by atoms with E-state index < -0.39 is 0 Å². The number of ether oxygens (including phenoxy) is 1. The quantitative estimate of drug-likeness (QED) is 0.861. The van der Waals surface area contributed by atoms with Gasteiger partial charge in [0, 0.05) is 31.9 Å². The smallest absolute Gasteiger partial charge is 0.246 e. The molecule has 1 N–H and O–H groups in total. The molecule has 5 nitrogen and oxygen atoms in total. The lowest BCUT2D eigenvalue weighted by Gasteiger charge is -2.32. The minimum absolute atomic E-state index is 0.0425. The lowest BCUT2D eigenvalue weighted by molar-refractivity contribution is -0.130. The predicted molar refractivity (Wildman–Crippen MR) is 98.1 cm³/mol. The lowest BCUT2D eigenvalue weighted by atomic mass is 9.88. The Morgan fingerprint density at radius 3 is 2.76 bits per heavy atom. The van der Waals surface area contributed by atoms with E-state index in [1.54, 1.807) is 0 Å². The van der Waals surface area contributed by atoms with Gasteiger partial charge in [-0.1, -0.05) is 25.8 Å². The maximum absolute atomic E-state index is 12.2. The van der Waals surface area contributed by atoms with Gasteiger partial charge in [-0.3, -0.25) is 14.7 Å². The number of amides is 1. The van der Waals surface area contributed by atoms with Gasteiger partial charge in [-0.05, 0) is 43.7 Å². The second-order valence-electron chi connectivity index (χ2n) is 7.55. The van der Waals surface area contributed by atoms with Crippen molar-refractivity contribution in [2.45, 2.75) is 64.1 Å². The maximum atomic E-state index is 12.2. The molecule has 0 bridgehead atoms. The van der Waals surface area contributed by atoms with E-state index in [1.165, 1.54) is 19.3 Å². The topological polar surface area (TPSA) is 54.5 Å². The number of likely N-dealkylation sites (tertiary alicyclic amines) is 1. The van der Waals surface area contributed by atoms with E-state index in [9.17, 15) is 4.79 Å². The average molecular weight is 345 g/mol. The summed E-state index contributed by atoms with van der Waals surface area (Å²) in [6.07, 6.45) is 8.95. The summed E-state index contributed by atoms with van der Waals surface area (Å²) in [6.45, 7) is 5.34. The summed E-state index contributed by atoms with van der Waals surface area (Å²) >= 11 is 0. The third-order valence-electron chi connectivity index (χ3n) is 5.53. The molecule has 25 heavy (non-hydrogen) atoms. The molecule has 0 unspecified atom stereocenters. The fourth-order valence-electron chi connectivity index (χ4n) is 3.94. The Hall–Kier alpha value is -1.46. The molecular formula is C20H31N3O2. The summed E-state index contributed by atoms with van der Waals surface area (Å²) in [4.78, 5) is 19.0. The molecular weight excluding hydrogens is 314 g/mol. The third kappa shape index (κ3) is 5.79. The van der Waals surface area contributed by atoms with E-state index in [0.717, 1.165) is 44.6 Å². The van der Waals surface area contributed by atoms with Crippen molar-refractivity contribution in [3.05, 3.63) is 30.1 Å². The van der Waals surface area contributed by atoms with Crippen molar-refractivity contribution < 1.29 is 9.53 Å². The molecule has 2 atom stereocenters. The molecule has 1 aliphatic heterocycles. The van der Waals surface area contributed by atoms with Crippen molar-refractivity contribution in [1.82, 2.24) is 15.2 Å². The van der Waals surface area contributed by atoms with Gasteiger partial charge in [0.1, 0.15) is 6.61 Å². The zero-order valence-corrected chi connectivity index (χ0v) is 15.3. The van der Waals surface area contributed by atoms with Crippen molar-refractivity contribution >= 4 is 5.91 Å². The second kappa shape index (κ2) is 9.30. The highest BCUT2D eigenvalue weighted by molar-refractivity contribution is 5.77. The van der Waals surface area contributed by atoms with E-state index in [1.807, 2.05) is 18.3 Å². The molecule has 1 saturated carbocycles. The van der Waals surface area contributed by atoms with Gasteiger partial charge in [0.2, 0.25) is 5.91 Å². The monoisotopic (exact) mass is 345 g/mol. The third-order valence-corrected chi connectivity index (χ3v) is 5.53. The van der Waals surface area contributed by atoms with Crippen LogP contribution in [0.5, 0.6) is 0 Å². The number of carbonyl (C=O) groups is 1. The molecule has 3 rings (SSSR count). The molecule has 138 valence electrons. The molecule has 1 saturated heterocycles. The van der Waals surface area contributed by atoms with E-state index in [2.05, 4.69) is 28.2 Å². The van der Waals surface area contributed by atoms with Crippen LogP contribution in [0.4, 0.5) is 0 Å². The number of nitrogens with one attached hydrogen (secondary N) is 1. The van der Waals surface area contributed by atoms with Crippen LogP contribution in [-0.2, 0) is 16.1 Å². The summed E-state index contributed by atoms with van der Waals surface area (Å²) in [5.74, 6) is 0.623. The fourth-order valence-corrected chi connectivity index (χ4v) is 3.94. The van der Waals surface area contributed by atoms with Crippen LogP contribution in [-0.4, -0.2) is 47.6 Å². The Bertz CT molecular complexity index is 529. The number of carbonyl (C=O) groups excluding carboxylic acids is 1. The highest BCUT2D eigenvalue weighted by Gasteiger charge is 2.24. The van der Waals surface area contributed by atoms with Gasteiger partial charge in [0.05, 0.1) is 11.8 Å². The minimum atomic E-state index is 0.0425. The van der Waals surface area contributed by atoms with Gasteiger partial charge in [0.25, 0.3) is 0 Å². The summed E-state index contributed by atoms with van der Waals surface area (Å²) < 4.78 is 5.87. The number of nitrogens with zero attached hydrogens (tertiary/aromatic N) is 2. The van der Waals surface area contributed by atoms with E-state index in [0.29, 0.717) is 5.92 Å². The highest BCUT2D eigenvalue weighted by Crippen LogP contribution is 2.26. The minimum Gasteiger partial charge on any atom is -0.368 e. The molecule has 5 heteroatoms. The van der Waals surface area contributed by atoms with Crippen LogP contribution >= 0.6 is 0 Å². The van der Waals surface area contributed by atoms with Gasteiger partial charge >= 0.3 is 0 Å². The van der Waals surface area contributed by atoms with E-state index in [-0.39, 0.29) is 24.7 Å². The SMILES string of the molecule is C[C@H]1CCCC[C@H]1OCC(=O)NC1CCN(Cc2ccccn2)CC1. The molecule has 0 aromatic carbocycles. The van der Waals surface area contributed by atoms with Crippen LogP contribution in [0.2, 0.25) is 0 Å².